The monoisotopic (exact) mass is 533 g/mol. The van der Waals surface area contributed by atoms with Crippen LogP contribution in [0.2, 0.25) is 0 Å². The first kappa shape index (κ1) is 25.4. The van der Waals surface area contributed by atoms with Gasteiger partial charge in [-0.2, -0.15) is 13.2 Å². The molecule has 2 heterocycles. The Morgan fingerprint density at radius 3 is 2.61 bits per heavy atom. The minimum atomic E-state index is -4.10. The topological polar surface area (TPSA) is 43.8 Å². The Labute approximate surface area is 186 Å². The number of hydrogen-bond acceptors (Lipinski definition) is 4. The van der Waals surface area contributed by atoms with Crippen molar-refractivity contribution in [2.45, 2.75) is 45.8 Å². The van der Waals surface area contributed by atoms with Crippen LogP contribution in [0, 0.1) is 12.8 Å². The number of halogens is 4. The quantitative estimate of drug-likeness (QED) is 0.325. The van der Waals surface area contributed by atoms with Gasteiger partial charge in [-0.05, 0) is 52.1 Å². The largest absolute Gasteiger partial charge is 0.401 e. The van der Waals surface area contributed by atoms with Gasteiger partial charge in [-0.25, -0.2) is 4.98 Å². The van der Waals surface area contributed by atoms with Gasteiger partial charge in [0.15, 0.2) is 5.96 Å². The molecule has 1 saturated heterocycles. The minimum Gasteiger partial charge on any atom is -0.357 e. The molecule has 5 nitrogen and oxygen atoms in total. The smallest absolute Gasteiger partial charge is 0.357 e. The van der Waals surface area contributed by atoms with Crippen LogP contribution in [0.1, 0.15) is 36.9 Å². The SMILES string of the molecule is CCNC(=NCCC1CCN(CC(F)(F)F)CC1)N(C)Cc1csc(C)n1.I. The molecular formula is C18H31F3IN5S. The molecule has 1 aromatic heterocycles. The summed E-state index contributed by atoms with van der Waals surface area (Å²) in [5, 5.41) is 6.41. The lowest BCUT2D eigenvalue weighted by Gasteiger charge is -2.32. The first-order chi connectivity index (χ1) is 12.8. The molecular weight excluding hydrogens is 502 g/mol. The molecule has 0 spiro atoms. The van der Waals surface area contributed by atoms with Gasteiger partial charge in [-0.1, -0.05) is 0 Å². The van der Waals surface area contributed by atoms with E-state index in [2.05, 4.69) is 20.6 Å². The van der Waals surface area contributed by atoms with Crippen molar-refractivity contribution in [2.24, 2.45) is 10.9 Å². The zero-order valence-electron chi connectivity index (χ0n) is 16.8. The van der Waals surface area contributed by atoms with Crippen molar-refractivity contribution >= 4 is 41.3 Å². The average Bonchev–Trinajstić information content (AvgIpc) is 2.99. The van der Waals surface area contributed by atoms with E-state index in [9.17, 15) is 13.2 Å². The Morgan fingerprint density at radius 1 is 1.39 bits per heavy atom. The molecule has 0 unspecified atom stereocenters. The maximum Gasteiger partial charge on any atom is 0.401 e. The summed E-state index contributed by atoms with van der Waals surface area (Å²) in [6, 6.07) is 0. The van der Waals surface area contributed by atoms with Crippen molar-refractivity contribution in [1.29, 1.82) is 0 Å². The van der Waals surface area contributed by atoms with Crippen molar-refractivity contribution < 1.29 is 13.2 Å². The Bertz CT molecular complexity index is 600. The third-order valence-electron chi connectivity index (χ3n) is 4.67. The number of aryl methyl sites for hydroxylation is 1. The van der Waals surface area contributed by atoms with Gasteiger partial charge >= 0.3 is 6.18 Å². The summed E-state index contributed by atoms with van der Waals surface area (Å²) in [5.41, 5.74) is 1.03. The molecule has 1 N–H and O–H groups in total. The highest BCUT2D eigenvalue weighted by Crippen LogP contribution is 2.24. The number of hydrogen-bond donors (Lipinski definition) is 1. The van der Waals surface area contributed by atoms with E-state index in [-0.39, 0.29) is 24.0 Å². The Balaban J connectivity index is 0.00000392. The Morgan fingerprint density at radius 2 is 2.07 bits per heavy atom. The van der Waals surface area contributed by atoms with Crippen LogP contribution in [0.3, 0.4) is 0 Å². The van der Waals surface area contributed by atoms with Gasteiger partial charge in [0.1, 0.15) is 0 Å². The van der Waals surface area contributed by atoms with Crippen molar-refractivity contribution in [1.82, 2.24) is 20.1 Å². The fourth-order valence-electron chi connectivity index (χ4n) is 3.31. The average molecular weight is 533 g/mol. The molecule has 0 aromatic carbocycles. The second-order valence-corrected chi connectivity index (χ2v) is 8.14. The van der Waals surface area contributed by atoms with E-state index < -0.39 is 12.7 Å². The molecule has 0 aliphatic carbocycles. The molecule has 10 heteroatoms. The molecule has 0 saturated carbocycles. The molecule has 0 bridgehead atoms. The maximum absolute atomic E-state index is 12.5. The van der Waals surface area contributed by atoms with E-state index in [1.807, 2.05) is 20.9 Å². The van der Waals surface area contributed by atoms with Crippen LogP contribution < -0.4 is 5.32 Å². The number of nitrogens with one attached hydrogen (secondary N) is 1. The Kier molecular flexibility index (Phi) is 11.0. The van der Waals surface area contributed by atoms with E-state index in [4.69, 9.17) is 4.99 Å². The number of aromatic nitrogens is 1. The van der Waals surface area contributed by atoms with Crippen LogP contribution in [-0.2, 0) is 6.54 Å². The normalized spacial score (nSPS) is 16.7. The standard InChI is InChI=1S/C18H30F3N5S.HI/c1-4-22-17(25(3)11-16-12-27-14(2)24-16)23-8-5-15-6-9-26(10-7-15)13-18(19,20)21;/h12,15H,4-11,13H2,1-3H3,(H,22,23);1H. The Hall–Kier alpha value is -0.620. The fourth-order valence-corrected chi connectivity index (χ4v) is 3.91. The summed E-state index contributed by atoms with van der Waals surface area (Å²) < 4.78 is 37.4. The third-order valence-corrected chi connectivity index (χ3v) is 5.49. The predicted octanol–water partition coefficient (Wildman–Crippen LogP) is 4.13. The summed E-state index contributed by atoms with van der Waals surface area (Å²) in [7, 11) is 1.99. The van der Waals surface area contributed by atoms with Crippen molar-refractivity contribution in [2.75, 3.05) is 39.8 Å². The van der Waals surface area contributed by atoms with Gasteiger partial charge in [0, 0.05) is 25.5 Å². The van der Waals surface area contributed by atoms with E-state index in [0.717, 1.165) is 42.5 Å². The zero-order chi connectivity index (χ0) is 19.9. The number of guanidine groups is 1. The molecule has 0 amide bonds. The van der Waals surface area contributed by atoms with Gasteiger partial charge in [0.05, 0.1) is 23.8 Å². The van der Waals surface area contributed by atoms with Crippen molar-refractivity contribution in [3.63, 3.8) is 0 Å². The van der Waals surface area contributed by atoms with E-state index >= 15 is 0 Å². The zero-order valence-corrected chi connectivity index (χ0v) is 19.9. The number of rotatable bonds is 7. The van der Waals surface area contributed by atoms with Gasteiger partial charge in [0.2, 0.25) is 0 Å². The number of likely N-dealkylation sites (tertiary alicyclic amines) is 1. The summed E-state index contributed by atoms with van der Waals surface area (Å²) in [6.07, 6.45) is -1.55. The lowest BCUT2D eigenvalue weighted by Crippen LogP contribution is -2.40. The number of nitrogens with zero attached hydrogens (tertiary/aromatic N) is 4. The van der Waals surface area contributed by atoms with Gasteiger partial charge in [0.25, 0.3) is 0 Å². The highest BCUT2D eigenvalue weighted by atomic mass is 127. The third kappa shape index (κ3) is 9.25. The van der Waals surface area contributed by atoms with Gasteiger partial charge < -0.3 is 10.2 Å². The lowest BCUT2D eigenvalue weighted by molar-refractivity contribution is -0.148. The second kappa shape index (κ2) is 12.2. The van der Waals surface area contributed by atoms with Gasteiger partial charge in [-0.15, -0.1) is 35.3 Å². The highest BCUT2D eigenvalue weighted by Gasteiger charge is 2.32. The molecule has 1 aliphatic heterocycles. The molecule has 1 aliphatic rings. The molecule has 28 heavy (non-hydrogen) atoms. The fraction of sp³-hybridized carbons (Fsp3) is 0.778. The van der Waals surface area contributed by atoms with Crippen molar-refractivity contribution in [3.8, 4) is 0 Å². The van der Waals surface area contributed by atoms with Crippen LogP contribution in [0.5, 0.6) is 0 Å². The molecule has 1 fully saturated rings. The minimum absolute atomic E-state index is 0. The first-order valence-corrected chi connectivity index (χ1v) is 10.3. The van der Waals surface area contributed by atoms with E-state index in [0.29, 0.717) is 32.1 Å². The molecule has 1 aromatic rings. The number of alkyl halides is 3. The molecule has 162 valence electrons. The van der Waals surface area contributed by atoms with Crippen LogP contribution in [0.15, 0.2) is 10.4 Å². The summed E-state index contributed by atoms with van der Waals surface area (Å²) in [4.78, 5) is 12.8. The lowest BCUT2D eigenvalue weighted by atomic mass is 9.93. The number of thiazole rings is 1. The highest BCUT2D eigenvalue weighted by molar-refractivity contribution is 14.0. The number of aliphatic imine (C=N–C) groups is 1. The van der Waals surface area contributed by atoms with Crippen LogP contribution >= 0.6 is 35.3 Å². The van der Waals surface area contributed by atoms with Crippen LogP contribution in [0.25, 0.3) is 0 Å². The van der Waals surface area contributed by atoms with Gasteiger partial charge in [-0.3, -0.25) is 9.89 Å². The van der Waals surface area contributed by atoms with Crippen molar-refractivity contribution in [3.05, 3.63) is 16.1 Å². The molecule has 0 atom stereocenters. The van der Waals surface area contributed by atoms with Crippen LogP contribution in [0.4, 0.5) is 13.2 Å². The van der Waals surface area contributed by atoms with E-state index in [1.165, 1.54) is 4.90 Å². The summed E-state index contributed by atoms with van der Waals surface area (Å²) in [5.74, 6) is 1.30. The molecule has 0 radical (unpaired) electrons. The first-order valence-electron chi connectivity index (χ1n) is 9.46. The van der Waals surface area contributed by atoms with E-state index in [1.54, 1.807) is 11.3 Å². The predicted molar refractivity (Wildman–Crippen MR) is 120 cm³/mol. The summed E-state index contributed by atoms with van der Waals surface area (Å²) >= 11 is 1.64. The maximum atomic E-state index is 12.5. The summed E-state index contributed by atoms with van der Waals surface area (Å²) in [6.45, 7) is 6.46. The molecule has 2 rings (SSSR count). The number of piperidine rings is 1. The van der Waals surface area contributed by atoms with Crippen LogP contribution in [-0.4, -0.2) is 66.7 Å². The second-order valence-electron chi connectivity index (χ2n) is 7.07.